The van der Waals surface area contributed by atoms with Crippen LogP contribution < -0.4 is 4.90 Å². The first-order valence-electron chi connectivity index (χ1n) is 7.67. The molecule has 1 fully saturated rings. The van der Waals surface area contributed by atoms with Gasteiger partial charge in [-0.15, -0.1) is 0 Å². The van der Waals surface area contributed by atoms with Crippen LogP contribution in [0.4, 0.5) is 5.69 Å². The van der Waals surface area contributed by atoms with Crippen molar-refractivity contribution >= 4 is 23.3 Å². The van der Waals surface area contributed by atoms with E-state index in [1.54, 1.807) is 12.1 Å². The summed E-state index contributed by atoms with van der Waals surface area (Å²) in [4.78, 5) is 15.9. The first-order chi connectivity index (χ1) is 11.1. The number of benzene rings is 2. The summed E-state index contributed by atoms with van der Waals surface area (Å²) in [6.07, 6.45) is 0. The zero-order chi connectivity index (χ0) is 16.2. The number of anilines is 1. The van der Waals surface area contributed by atoms with Gasteiger partial charge in [-0.1, -0.05) is 41.9 Å². The Hall–Kier alpha value is -2.04. The summed E-state index contributed by atoms with van der Waals surface area (Å²) < 4.78 is 0. The van der Waals surface area contributed by atoms with Crippen LogP contribution in [0, 0.1) is 0 Å². The molecule has 2 aromatic rings. The molecule has 1 aliphatic heterocycles. The summed E-state index contributed by atoms with van der Waals surface area (Å²) in [5, 5.41) is 9.82. The van der Waals surface area contributed by atoms with Gasteiger partial charge in [-0.3, -0.25) is 4.90 Å². The Morgan fingerprint density at radius 2 is 1.74 bits per heavy atom. The zero-order valence-electron chi connectivity index (χ0n) is 12.8. The molecule has 1 heterocycles. The normalized spacial score (nSPS) is 15.6. The molecule has 120 valence electrons. The smallest absolute Gasteiger partial charge is 0.337 e. The van der Waals surface area contributed by atoms with Gasteiger partial charge in [-0.25, -0.2) is 4.79 Å². The average molecular weight is 331 g/mol. The summed E-state index contributed by atoms with van der Waals surface area (Å²) in [6.45, 7) is 4.39. The monoisotopic (exact) mass is 330 g/mol. The van der Waals surface area contributed by atoms with E-state index in [-0.39, 0.29) is 5.56 Å². The molecular weight excluding hydrogens is 312 g/mol. The number of hydrogen-bond donors (Lipinski definition) is 1. The van der Waals surface area contributed by atoms with Crippen LogP contribution >= 0.6 is 11.6 Å². The highest BCUT2D eigenvalue weighted by Gasteiger charge is 2.21. The second-order valence-corrected chi connectivity index (χ2v) is 6.15. The van der Waals surface area contributed by atoms with Crippen molar-refractivity contribution in [2.75, 3.05) is 31.1 Å². The van der Waals surface area contributed by atoms with Gasteiger partial charge in [0.1, 0.15) is 0 Å². The lowest BCUT2D eigenvalue weighted by atomic mass is 10.1. The maximum atomic E-state index is 11.4. The summed E-state index contributed by atoms with van der Waals surface area (Å²) in [6, 6.07) is 15.5. The van der Waals surface area contributed by atoms with Crippen molar-refractivity contribution in [2.45, 2.75) is 6.54 Å². The molecule has 2 aromatic carbocycles. The second-order valence-electron chi connectivity index (χ2n) is 5.72. The Balaban J connectivity index is 1.66. The molecule has 0 unspecified atom stereocenters. The van der Waals surface area contributed by atoms with Crippen molar-refractivity contribution in [1.82, 2.24) is 4.90 Å². The summed E-state index contributed by atoms with van der Waals surface area (Å²) in [5.41, 5.74) is 2.33. The van der Waals surface area contributed by atoms with Crippen molar-refractivity contribution < 1.29 is 9.90 Å². The molecule has 0 amide bonds. The standard InChI is InChI=1S/C18H19ClN2O2/c19-15-6-7-17(16(12-15)18(22)23)21-10-8-20(9-11-21)13-14-4-2-1-3-5-14/h1-7,12H,8-11,13H2,(H,22,23). The minimum absolute atomic E-state index is 0.272. The van der Waals surface area contributed by atoms with Crippen LogP contribution in [0.5, 0.6) is 0 Å². The Kier molecular flexibility index (Phi) is 4.84. The largest absolute Gasteiger partial charge is 0.478 e. The van der Waals surface area contributed by atoms with Gasteiger partial charge >= 0.3 is 5.97 Å². The molecule has 0 spiro atoms. The van der Waals surface area contributed by atoms with Gasteiger partial charge in [0.15, 0.2) is 0 Å². The van der Waals surface area contributed by atoms with Gasteiger partial charge in [0.2, 0.25) is 0 Å². The topological polar surface area (TPSA) is 43.8 Å². The molecule has 0 saturated carbocycles. The SMILES string of the molecule is O=C(O)c1cc(Cl)ccc1N1CCN(Cc2ccccc2)CC1. The van der Waals surface area contributed by atoms with Crippen molar-refractivity contribution in [3.8, 4) is 0 Å². The fraction of sp³-hybridized carbons (Fsp3) is 0.278. The van der Waals surface area contributed by atoms with E-state index in [1.807, 2.05) is 6.07 Å². The van der Waals surface area contributed by atoms with Crippen LogP contribution in [0.15, 0.2) is 48.5 Å². The second kappa shape index (κ2) is 7.02. The molecule has 0 aromatic heterocycles. The third kappa shape index (κ3) is 3.84. The van der Waals surface area contributed by atoms with E-state index in [0.717, 1.165) is 38.4 Å². The van der Waals surface area contributed by atoms with Crippen molar-refractivity contribution in [2.24, 2.45) is 0 Å². The van der Waals surface area contributed by atoms with E-state index in [9.17, 15) is 9.90 Å². The van der Waals surface area contributed by atoms with Gasteiger partial charge in [-0.2, -0.15) is 0 Å². The number of carboxylic acid groups (broad SMARTS) is 1. The van der Waals surface area contributed by atoms with Crippen molar-refractivity contribution in [3.63, 3.8) is 0 Å². The van der Waals surface area contributed by atoms with Crippen molar-refractivity contribution in [1.29, 1.82) is 0 Å². The van der Waals surface area contributed by atoms with Crippen LogP contribution in [0.3, 0.4) is 0 Å². The molecule has 0 bridgehead atoms. The average Bonchev–Trinajstić information content (AvgIpc) is 2.56. The van der Waals surface area contributed by atoms with Crippen LogP contribution in [-0.4, -0.2) is 42.2 Å². The van der Waals surface area contributed by atoms with E-state index >= 15 is 0 Å². The molecule has 0 atom stereocenters. The Morgan fingerprint density at radius 3 is 2.39 bits per heavy atom. The summed E-state index contributed by atoms with van der Waals surface area (Å²) in [7, 11) is 0. The van der Waals surface area contributed by atoms with E-state index < -0.39 is 5.97 Å². The first kappa shape index (κ1) is 15.8. The minimum Gasteiger partial charge on any atom is -0.478 e. The molecule has 0 aliphatic carbocycles. The van der Waals surface area contributed by atoms with Gasteiger partial charge in [-0.05, 0) is 23.8 Å². The first-order valence-corrected chi connectivity index (χ1v) is 8.05. The highest BCUT2D eigenvalue weighted by atomic mass is 35.5. The third-order valence-electron chi connectivity index (χ3n) is 4.15. The quantitative estimate of drug-likeness (QED) is 0.933. The zero-order valence-corrected chi connectivity index (χ0v) is 13.5. The van der Waals surface area contributed by atoms with Crippen molar-refractivity contribution in [3.05, 3.63) is 64.7 Å². The lowest BCUT2D eigenvalue weighted by molar-refractivity contribution is 0.0697. The van der Waals surface area contributed by atoms with E-state index in [1.165, 1.54) is 11.6 Å². The van der Waals surface area contributed by atoms with E-state index in [2.05, 4.69) is 34.1 Å². The number of aromatic carboxylic acids is 1. The number of rotatable bonds is 4. The van der Waals surface area contributed by atoms with Gasteiger partial charge < -0.3 is 10.0 Å². The Labute approximate surface area is 140 Å². The number of carbonyl (C=O) groups is 1. The molecule has 3 rings (SSSR count). The van der Waals surface area contributed by atoms with Crippen LogP contribution in [0.1, 0.15) is 15.9 Å². The van der Waals surface area contributed by atoms with Crippen LogP contribution in [0.25, 0.3) is 0 Å². The molecule has 1 saturated heterocycles. The Bertz CT molecular complexity index is 683. The number of halogens is 1. The predicted octanol–water partition coefficient (Wildman–Crippen LogP) is 3.36. The third-order valence-corrected chi connectivity index (χ3v) is 4.39. The number of piperazine rings is 1. The summed E-state index contributed by atoms with van der Waals surface area (Å²) in [5.74, 6) is -0.936. The molecular formula is C18H19ClN2O2. The number of carboxylic acids is 1. The molecule has 23 heavy (non-hydrogen) atoms. The minimum atomic E-state index is -0.936. The molecule has 5 heteroatoms. The number of nitrogens with zero attached hydrogens (tertiary/aromatic N) is 2. The fourth-order valence-electron chi connectivity index (χ4n) is 2.94. The maximum absolute atomic E-state index is 11.4. The van der Waals surface area contributed by atoms with E-state index in [4.69, 9.17) is 11.6 Å². The fourth-order valence-corrected chi connectivity index (χ4v) is 3.12. The highest BCUT2D eigenvalue weighted by molar-refractivity contribution is 6.31. The molecule has 0 radical (unpaired) electrons. The highest BCUT2D eigenvalue weighted by Crippen LogP contribution is 2.25. The lowest BCUT2D eigenvalue weighted by Gasteiger charge is -2.36. The predicted molar refractivity (Wildman–Crippen MR) is 92.3 cm³/mol. The van der Waals surface area contributed by atoms with Gasteiger partial charge in [0.05, 0.1) is 11.3 Å². The van der Waals surface area contributed by atoms with Crippen LogP contribution in [-0.2, 0) is 6.54 Å². The summed E-state index contributed by atoms with van der Waals surface area (Å²) >= 11 is 5.92. The van der Waals surface area contributed by atoms with Gasteiger partial charge in [0, 0.05) is 37.7 Å². The van der Waals surface area contributed by atoms with Crippen LogP contribution in [0.2, 0.25) is 5.02 Å². The number of hydrogen-bond acceptors (Lipinski definition) is 3. The van der Waals surface area contributed by atoms with Gasteiger partial charge in [0.25, 0.3) is 0 Å². The Morgan fingerprint density at radius 1 is 1.04 bits per heavy atom. The molecule has 1 N–H and O–H groups in total. The molecule has 1 aliphatic rings. The molecule has 4 nitrogen and oxygen atoms in total. The lowest BCUT2D eigenvalue weighted by Crippen LogP contribution is -2.46. The van der Waals surface area contributed by atoms with E-state index in [0.29, 0.717) is 5.02 Å². The maximum Gasteiger partial charge on any atom is 0.337 e.